The molecule has 1 saturated heterocycles. The van der Waals surface area contributed by atoms with E-state index in [0.29, 0.717) is 30.3 Å². The molecule has 1 aliphatic heterocycles. The Kier molecular flexibility index (Phi) is 5.28. The van der Waals surface area contributed by atoms with Crippen LogP contribution in [-0.2, 0) is 4.79 Å². The summed E-state index contributed by atoms with van der Waals surface area (Å²) in [5.41, 5.74) is 0.751. The first-order valence-corrected chi connectivity index (χ1v) is 8.01. The summed E-state index contributed by atoms with van der Waals surface area (Å²) in [5.74, 6) is 0.159. The van der Waals surface area contributed by atoms with Crippen LogP contribution < -0.4 is 14.2 Å². The van der Waals surface area contributed by atoms with Crippen molar-refractivity contribution in [3.63, 3.8) is 0 Å². The van der Waals surface area contributed by atoms with E-state index in [4.69, 9.17) is 14.2 Å². The van der Waals surface area contributed by atoms with Crippen molar-refractivity contribution in [1.29, 1.82) is 0 Å². The summed E-state index contributed by atoms with van der Waals surface area (Å²) >= 11 is 0. The van der Waals surface area contributed by atoms with Gasteiger partial charge in [0.25, 0.3) is 0 Å². The lowest BCUT2D eigenvalue weighted by Gasteiger charge is -2.31. The number of carboxylic acid groups (broad SMARTS) is 1. The number of hydrogen-bond donors (Lipinski definition) is 1. The minimum absolute atomic E-state index is 0.0910. The summed E-state index contributed by atoms with van der Waals surface area (Å²) in [6, 6.07) is 3.68. The van der Waals surface area contributed by atoms with Crippen molar-refractivity contribution in [2.75, 3.05) is 34.4 Å². The number of ether oxygens (including phenoxy) is 3. The van der Waals surface area contributed by atoms with Crippen molar-refractivity contribution in [3.05, 3.63) is 17.7 Å². The highest BCUT2D eigenvalue weighted by molar-refractivity contribution is 5.73. The third-order valence-electron chi connectivity index (χ3n) is 4.72. The highest BCUT2D eigenvalue weighted by atomic mass is 16.5. The van der Waals surface area contributed by atoms with Gasteiger partial charge in [0, 0.05) is 30.1 Å². The smallest absolute Gasteiger partial charge is 0.308 e. The van der Waals surface area contributed by atoms with Crippen LogP contribution in [0.1, 0.15) is 32.3 Å². The number of carboxylic acids is 1. The van der Waals surface area contributed by atoms with Crippen molar-refractivity contribution in [3.8, 4) is 17.2 Å². The molecule has 24 heavy (non-hydrogen) atoms. The molecule has 134 valence electrons. The number of nitrogens with zero attached hydrogens (tertiary/aromatic N) is 1. The molecular weight excluding hydrogens is 310 g/mol. The summed E-state index contributed by atoms with van der Waals surface area (Å²) < 4.78 is 16.3. The van der Waals surface area contributed by atoms with Crippen molar-refractivity contribution in [2.24, 2.45) is 5.92 Å². The zero-order chi connectivity index (χ0) is 18.1. The number of likely N-dealkylation sites (tertiary alicyclic amines) is 1. The largest absolute Gasteiger partial charge is 0.493 e. The number of methoxy groups -OCH3 is 3. The Morgan fingerprint density at radius 3 is 2.17 bits per heavy atom. The molecule has 2 rings (SSSR count). The van der Waals surface area contributed by atoms with Crippen LogP contribution in [0.15, 0.2) is 12.1 Å². The lowest BCUT2D eigenvalue weighted by atomic mass is 9.88. The average Bonchev–Trinajstić information content (AvgIpc) is 2.98. The SMILES string of the molecule is COc1ccc([C@@H]2CN(C(C)(C)C)C[C@H]2C(=O)O)c(OC)c1OC. The molecule has 0 bridgehead atoms. The van der Waals surface area contributed by atoms with Gasteiger partial charge >= 0.3 is 5.97 Å². The van der Waals surface area contributed by atoms with E-state index in [0.717, 1.165) is 5.56 Å². The normalized spacial score (nSPS) is 21.6. The molecule has 1 N–H and O–H groups in total. The second kappa shape index (κ2) is 6.89. The van der Waals surface area contributed by atoms with Gasteiger partial charge in [-0.15, -0.1) is 0 Å². The van der Waals surface area contributed by atoms with E-state index in [2.05, 4.69) is 25.7 Å². The van der Waals surface area contributed by atoms with Crippen LogP contribution in [0.2, 0.25) is 0 Å². The standard InChI is InChI=1S/C18H27NO5/c1-18(2,3)19-9-12(13(10-19)17(20)21)11-7-8-14(22-4)16(24-6)15(11)23-5/h7-8,12-13H,9-10H2,1-6H3,(H,20,21)/t12-,13+/m0/s1. The quantitative estimate of drug-likeness (QED) is 0.891. The molecular formula is C18H27NO5. The highest BCUT2D eigenvalue weighted by Crippen LogP contribution is 2.47. The third kappa shape index (κ3) is 3.29. The predicted octanol–water partition coefficient (Wildman–Crippen LogP) is 2.61. The second-order valence-corrected chi connectivity index (χ2v) is 7.05. The zero-order valence-corrected chi connectivity index (χ0v) is 15.3. The first-order chi connectivity index (χ1) is 11.2. The van der Waals surface area contributed by atoms with E-state index in [1.807, 2.05) is 6.07 Å². The summed E-state index contributed by atoms with van der Waals surface area (Å²) in [5, 5.41) is 9.70. The monoisotopic (exact) mass is 337 g/mol. The molecule has 0 amide bonds. The van der Waals surface area contributed by atoms with Gasteiger partial charge in [-0.05, 0) is 26.8 Å². The van der Waals surface area contributed by atoms with Crippen molar-refractivity contribution < 1.29 is 24.1 Å². The van der Waals surface area contributed by atoms with E-state index in [9.17, 15) is 9.90 Å². The van der Waals surface area contributed by atoms with E-state index >= 15 is 0 Å². The van der Waals surface area contributed by atoms with Crippen LogP contribution in [0.3, 0.4) is 0 Å². The molecule has 0 aromatic heterocycles. The maximum Gasteiger partial charge on any atom is 0.308 e. The Morgan fingerprint density at radius 2 is 1.71 bits per heavy atom. The van der Waals surface area contributed by atoms with Crippen molar-refractivity contribution in [1.82, 2.24) is 4.90 Å². The first-order valence-electron chi connectivity index (χ1n) is 8.01. The molecule has 1 aliphatic rings. The summed E-state index contributed by atoms with van der Waals surface area (Å²) in [7, 11) is 4.68. The number of benzene rings is 1. The minimum Gasteiger partial charge on any atom is -0.493 e. The van der Waals surface area contributed by atoms with Crippen LogP contribution in [-0.4, -0.2) is 55.9 Å². The van der Waals surface area contributed by atoms with Gasteiger partial charge in [-0.25, -0.2) is 0 Å². The molecule has 0 radical (unpaired) electrons. The molecule has 1 aromatic carbocycles. The van der Waals surface area contributed by atoms with Crippen LogP contribution in [0.4, 0.5) is 0 Å². The van der Waals surface area contributed by atoms with Gasteiger partial charge in [-0.2, -0.15) is 0 Å². The maximum absolute atomic E-state index is 11.8. The Labute approximate surface area is 143 Å². The molecule has 1 heterocycles. The Hall–Kier alpha value is -1.95. The van der Waals surface area contributed by atoms with Gasteiger partial charge in [-0.1, -0.05) is 6.07 Å². The van der Waals surface area contributed by atoms with Crippen molar-refractivity contribution >= 4 is 5.97 Å². The Bertz CT molecular complexity index is 608. The van der Waals surface area contributed by atoms with Crippen LogP contribution in [0.5, 0.6) is 17.2 Å². The number of rotatable bonds is 5. The molecule has 1 fully saturated rings. The van der Waals surface area contributed by atoms with Gasteiger partial charge in [0.2, 0.25) is 5.75 Å². The summed E-state index contributed by atoms with van der Waals surface area (Å²) in [6.45, 7) is 7.47. The number of aliphatic carboxylic acids is 1. The first kappa shape index (κ1) is 18.4. The van der Waals surface area contributed by atoms with Crippen LogP contribution in [0, 0.1) is 5.92 Å². The van der Waals surface area contributed by atoms with E-state index in [1.54, 1.807) is 27.4 Å². The zero-order valence-electron chi connectivity index (χ0n) is 15.3. The van der Waals surface area contributed by atoms with Gasteiger partial charge in [-0.3, -0.25) is 9.69 Å². The maximum atomic E-state index is 11.8. The molecule has 0 aliphatic carbocycles. The van der Waals surface area contributed by atoms with Gasteiger partial charge < -0.3 is 19.3 Å². The average molecular weight is 337 g/mol. The Morgan fingerprint density at radius 1 is 1.08 bits per heavy atom. The predicted molar refractivity (Wildman–Crippen MR) is 91.3 cm³/mol. The van der Waals surface area contributed by atoms with E-state index in [1.165, 1.54) is 0 Å². The molecule has 6 heteroatoms. The Balaban J connectivity index is 2.50. The molecule has 1 aromatic rings. The second-order valence-electron chi connectivity index (χ2n) is 7.05. The number of carbonyl (C=O) groups is 1. The fraction of sp³-hybridized carbons (Fsp3) is 0.611. The molecule has 6 nitrogen and oxygen atoms in total. The molecule has 0 saturated carbocycles. The molecule has 2 atom stereocenters. The third-order valence-corrected chi connectivity index (χ3v) is 4.72. The summed E-state index contributed by atoms with van der Waals surface area (Å²) in [4.78, 5) is 14.0. The molecule has 0 unspecified atom stereocenters. The van der Waals surface area contributed by atoms with Crippen molar-refractivity contribution in [2.45, 2.75) is 32.2 Å². The van der Waals surface area contributed by atoms with E-state index in [-0.39, 0.29) is 11.5 Å². The lowest BCUT2D eigenvalue weighted by molar-refractivity contribution is -0.141. The fourth-order valence-electron chi connectivity index (χ4n) is 3.33. The minimum atomic E-state index is -0.788. The van der Waals surface area contributed by atoms with Gasteiger partial charge in [0.05, 0.1) is 27.2 Å². The molecule has 0 spiro atoms. The topological polar surface area (TPSA) is 68.2 Å². The van der Waals surface area contributed by atoms with Gasteiger partial charge in [0.15, 0.2) is 11.5 Å². The van der Waals surface area contributed by atoms with Crippen LogP contribution in [0.25, 0.3) is 0 Å². The number of hydrogen-bond acceptors (Lipinski definition) is 5. The lowest BCUT2D eigenvalue weighted by Crippen LogP contribution is -2.40. The van der Waals surface area contributed by atoms with Gasteiger partial charge in [0.1, 0.15) is 0 Å². The van der Waals surface area contributed by atoms with Crippen LogP contribution >= 0.6 is 0 Å². The van der Waals surface area contributed by atoms with E-state index < -0.39 is 11.9 Å². The highest BCUT2D eigenvalue weighted by Gasteiger charge is 2.43. The summed E-state index contributed by atoms with van der Waals surface area (Å²) in [6.07, 6.45) is 0. The fourth-order valence-corrected chi connectivity index (χ4v) is 3.33.